The van der Waals surface area contributed by atoms with Crippen molar-refractivity contribution in [3.63, 3.8) is 0 Å². The smallest absolute Gasteiger partial charge is 0.264 e. The van der Waals surface area contributed by atoms with Gasteiger partial charge in [0.25, 0.3) is 10.0 Å². The maximum atomic E-state index is 14.2. The molecule has 0 bridgehead atoms. The molecular weight excluding hydrogens is 566 g/mol. The first-order valence-corrected chi connectivity index (χ1v) is 15.8. The minimum absolute atomic E-state index is 0.0597. The summed E-state index contributed by atoms with van der Waals surface area (Å²) in [5, 5.41) is 2.95. The quantitative estimate of drug-likeness (QED) is 0.279. The van der Waals surface area contributed by atoms with Crippen molar-refractivity contribution < 1.29 is 27.5 Å². The van der Waals surface area contributed by atoms with Gasteiger partial charge in [0, 0.05) is 18.7 Å². The summed E-state index contributed by atoms with van der Waals surface area (Å²) in [5.41, 5.74) is 3.04. The highest BCUT2D eigenvalue weighted by Gasteiger charge is 2.33. The number of hydrogen-bond donors (Lipinski definition) is 1. The molecule has 0 aliphatic heterocycles. The summed E-state index contributed by atoms with van der Waals surface area (Å²) in [6.45, 7) is 9.00. The van der Waals surface area contributed by atoms with Crippen LogP contribution in [0.1, 0.15) is 43.9 Å². The molecule has 0 fully saturated rings. The van der Waals surface area contributed by atoms with Crippen LogP contribution in [0.5, 0.6) is 11.5 Å². The van der Waals surface area contributed by atoms with Crippen LogP contribution in [0.4, 0.5) is 5.69 Å². The molecule has 3 rings (SSSR count). The SMILES string of the molecule is CC[C@H](C)NC(=O)[C@H](C)N(CCc1ccccc1)C(=O)CN(c1cc(C)cc(C)c1)S(=O)(=O)c1ccc(OC)c(OC)c1. The Hall–Kier alpha value is -4.05. The molecule has 43 heavy (non-hydrogen) atoms. The van der Waals surface area contributed by atoms with E-state index in [0.717, 1.165) is 27.4 Å². The van der Waals surface area contributed by atoms with Gasteiger partial charge < -0.3 is 19.7 Å². The van der Waals surface area contributed by atoms with Crippen LogP contribution < -0.4 is 19.1 Å². The maximum absolute atomic E-state index is 14.2. The van der Waals surface area contributed by atoms with Crippen LogP contribution >= 0.6 is 0 Å². The second-order valence-corrected chi connectivity index (χ2v) is 12.6. The normalized spacial score (nSPS) is 12.6. The Morgan fingerprint density at radius 2 is 1.51 bits per heavy atom. The van der Waals surface area contributed by atoms with E-state index in [0.29, 0.717) is 17.9 Å². The topological polar surface area (TPSA) is 105 Å². The molecular formula is C33H43N3O6S. The van der Waals surface area contributed by atoms with Crippen molar-refractivity contribution in [2.75, 3.05) is 31.6 Å². The van der Waals surface area contributed by atoms with Gasteiger partial charge in [-0.1, -0.05) is 43.3 Å². The highest BCUT2D eigenvalue weighted by molar-refractivity contribution is 7.92. The van der Waals surface area contributed by atoms with Crippen LogP contribution in [0.2, 0.25) is 0 Å². The molecule has 2 amide bonds. The molecule has 0 spiro atoms. The van der Waals surface area contributed by atoms with E-state index in [1.165, 1.54) is 37.3 Å². The van der Waals surface area contributed by atoms with Crippen molar-refractivity contribution in [3.05, 3.63) is 83.4 Å². The average Bonchev–Trinajstić information content (AvgIpc) is 2.99. The van der Waals surface area contributed by atoms with Crippen molar-refractivity contribution >= 4 is 27.5 Å². The number of hydrogen-bond acceptors (Lipinski definition) is 6. The first kappa shape index (κ1) is 33.5. The average molecular weight is 610 g/mol. The Bertz CT molecular complexity index is 1490. The minimum Gasteiger partial charge on any atom is -0.493 e. The lowest BCUT2D eigenvalue weighted by Crippen LogP contribution is -2.53. The number of carbonyl (C=O) groups is 2. The molecule has 0 aliphatic carbocycles. The van der Waals surface area contributed by atoms with E-state index >= 15 is 0 Å². The first-order chi connectivity index (χ1) is 20.4. The van der Waals surface area contributed by atoms with Gasteiger partial charge in [0.05, 0.1) is 24.8 Å². The van der Waals surface area contributed by atoms with E-state index < -0.39 is 28.5 Å². The predicted molar refractivity (Wildman–Crippen MR) is 169 cm³/mol. The Kier molecular flexibility index (Phi) is 11.6. The zero-order valence-electron chi connectivity index (χ0n) is 26.1. The van der Waals surface area contributed by atoms with Gasteiger partial charge in [-0.25, -0.2) is 8.42 Å². The van der Waals surface area contributed by atoms with Gasteiger partial charge in [-0.2, -0.15) is 0 Å². The second-order valence-electron chi connectivity index (χ2n) is 10.7. The number of anilines is 1. The summed E-state index contributed by atoms with van der Waals surface area (Å²) >= 11 is 0. The molecule has 0 heterocycles. The summed E-state index contributed by atoms with van der Waals surface area (Å²) in [6, 6.07) is 18.5. The number of amides is 2. The van der Waals surface area contributed by atoms with Crippen LogP contribution in [-0.4, -0.2) is 64.5 Å². The third-order valence-corrected chi connectivity index (χ3v) is 9.14. The number of sulfonamides is 1. The van der Waals surface area contributed by atoms with Gasteiger partial charge in [-0.05, 0) is 81.5 Å². The lowest BCUT2D eigenvalue weighted by atomic mass is 10.1. The molecule has 2 atom stereocenters. The number of nitrogens with one attached hydrogen (secondary N) is 1. The largest absolute Gasteiger partial charge is 0.493 e. The Morgan fingerprint density at radius 1 is 0.884 bits per heavy atom. The number of nitrogens with zero attached hydrogens (tertiary/aromatic N) is 2. The van der Waals surface area contributed by atoms with E-state index in [9.17, 15) is 18.0 Å². The van der Waals surface area contributed by atoms with Crippen LogP contribution in [-0.2, 0) is 26.0 Å². The molecule has 0 aliphatic rings. The molecule has 0 saturated carbocycles. The second kappa shape index (κ2) is 14.9. The lowest BCUT2D eigenvalue weighted by Gasteiger charge is -2.32. The van der Waals surface area contributed by atoms with E-state index in [-0.39, 0.29) is 29.1 Å². The molecule has 0 saturated heterocycles. The van der Waals surface area contributed by atoms with Gasteiger partial charge in [-0.3, -0.25) is 13.9 Å². The van der Waals surface area contributed by atoms with Crippen LogP contribution in [0.15, 0.2) is 71.6 Å². The Balaban J connectivity index is 2.06. The fourth-order valence-electron chi connectivity index (χ4n) is 4.76. The molecule has 0 unspecified atom stereocenters. The van der Waals surface area contributed by atoms with Crippen molar-refractivity contribution in [2.45, 2.75) is 64.4 Å². The van der Waals surface area contributed by atoms with Crippen molar-refractivity contribution in [1.29, 1.82) is 0 Å². The van der Waals surface area contributed by atoms with E-state index in [2.05, 4.69) is 5.32 Å². The summed E-state index contributed by atoms with van der Waals surface area (Å²) in [5.74, 6) is -0.166. The Labute approximate surface area is 255 Å². The van der Waals surface area contributed by atoms with Gasteiger partial charge in [0.1, 0.15) is 12.6 Å². The zero-order chi connectivity index (χ0) is 31.7. The molecule has 1 N–H and O–H groups in total. The van der Waals surface area contributed by atoms with Crippen LogP contribution in [0.3, 0.4) is 0 Å². The van der Waals surface area contributed by atoms with Gasteiger partial charge in [0.15, 0.2) is 11.5 Å². The highest BCUT2D eigenvalue weighted by Crippen LogP contribution is 2.33. The number of ether oxygens (including phenoxy) is 2. The number of rotatable bonds is 14. The summed E-state index contributed by atoms with van der Waals surface area (Å²) in [6.07, 6.45) is 1.24. The zero-order valence-corrected chi connectivity index (χ0v) is 26.9. The van der Waals surface area contributed by atoms with Gasteiger partial charge in [0.2, 0.25) is 11.8 Å². The molecule has 0 radical (unpaired) electrons. The molecule has 232 valence electrons. The lowest BCUT2D eigenvalue weighted by molar-refractivity contribution is -0.139. The third kappa shape index (κ3) is 8.50. The van der Waals surface area contributed by atoms with Crippen LogP contribution in [0.25, 0.3) is 0 Å². The van der Waals surface area contributed by atoms with Crippen molar-refractivity contribution in [3.8, 4) is 11.5 Å². The third-order valence-electron chi connectivity index (χ3n) is 7.37. The van der Waals surface area contributed by atoms with Crippen molar-refractivity contribution in [1.82, 2.24) is 10.2 Å². The summed E-state index contributed by atoms with van der Waals surface area (Å²) < 4.78 is 40.2. The number of benzene rings is 3. The molecule has 10 heteroatoms. The number of methoxy groups -OCH3 is 2. The predicted octanol–water partition coefficient (Wildman–Crippen LogP) is 4.89. The highest BCUT2D eigenvalue weighted by atomic mass is 32.2. The Morgan fingerprint density at radius 3 is 2.09 bits per heavy atom. The number of aryl methyl sites for hydroxylation is 2. The summed E-state index contributed by atoms with van der Waals surface area (Å²) in [4.78, 5) is 28.7. The van der Waals surface area contributed by atoms with Gasteiger partial charge >= 0.3 is 0 Å². The molecule has 9 nitrogen and oxygen atoms in total. The van der Waals surface area contributed by atoms with Crippen molar-refractivity contribution in [2.24, 2.45) is 0 Å². The standard InChI is InChI=1S/C33H43N3O6S/c1-8-25(4)34-33(38)26(5)35(17-16-27-12-10-9-11-13-27)32(37)22-36(28-19-23(2)18-24(3)20-28)43(39,40)29-14-15-30(41-6)31(21-29)42-7/h9-15,18-21,25-26H,8,16-17,22H2,1-7H3,(H,34,38)/t25-,26-/m0/s1. The van der Waals surface area contributed by atoms with Gasteiger partial charge in [-0.15, -0.1) is 0 Å². The molecule has 0 aromatic heterocycles. The fraction of sp³-hybridized carbons (Fsp3) is 0.394. The first-order valence-electron chi connectivity index (χ1n) is 14.4. The number of carbonyl (C=O) groups excluding carboxylic acids is 2. The van der Waals surface area contributed by atoms with E-state index in [1.54, 1.807) is 19.1 Å². The maximum Gasteiger partial charge on any atom is 0.264 e. The summed E-state index contributed by atoms with van der Waals surface area (Å²) in [7, 11) is -1.37. The van der Waals surface area contributed by atoms with E-state index in [1.807, 2.05) is 64.1 Å². The monoisotopic (exact) mass is 609 g/mol. The molecule has 3 aromatic rings. The molecule has 3 aromatic carbocycles. The van der Waals surface area contributed by atoms with Crippen LogP contribution in [0, 0.1) is 13.8 Å². The van der Waals surface area contributed by atoms with E-state index in [4.69, 9.17) is 9.47 Å². The minimum atomic E-state index is -4.26. The fourth-order valence-corrected chi connectivity index (χ4v) is 6.18.